The smallest absolute Gasteiger partial charge is 0.141 e. The molecule has 0 saturated carbocycles. The van der Waals surface area contributed by atoms with Gasteiger partial charge in [0.2, 0.25) is 0 Å². The Labute approximate surface area is 96.5 Å². The Hall–Kier alpha value is -1.06. The average molecular weight is 242 g/mol. The van der Waals surface area contributed by atoms with E-state index in [0.29, 0.717) is 0 Å². The SMILES string of the molecule is Fc1ccc(NCc2cccs2)cc1Cl. The lowest BCUT2D eigenvalue weighted by molar-refractivity contribution is 0.628. The van der Waals surface area contributed by atoms with Gasteiger partial charge in [-0.2, -0.15) is 0 Å². The molecular weight excluding hydrogens is 233 g/mol. The van der Waals surface area contributed by atoms with Crippen LogP contribution in [0.2, 0.25) is 5.02 Å². The third-order valence-electron chi connectivity index (χ3n) is 1.97. The van der Waals surface area contributed by atoms with Crippen LogP contribution in [0, 0.1) is 5.82 Å². The summed E-state index contributed by atoms with van der Waals surface area (Å²) in [7, 11) is 0. The molecule has 0 aliphatic rings. The van der Waals surface area contributed by atoms with Crippen molar-refractivity contribution in [3.63, 3.8) is 0 Å². The number of benzene rings is 1. The largest absolute Gasteiger partial charge is 0.380 e. The zero-order valence-corrected chi connectivity index (χ0v) is 9.41. The van der Waals surface area contributed by atoms with Crippen LogP contribution in [0.5, 0.6) is 0 Å². The number of hydrogen-bond acceptors (Lipinski definition) is 2. The molecule has 15 heavy (non-hydrogen) atoms. The molecule has 0 saturated heterocycles. The van der Waals surface area contributed by atoms with Gasteiger partial charge in [-0.05, 0) is 29.6 Å². The molecule has 1 heterocycles. The normalized spacial score (nSPS) is 10.3. The van der Waals surface area contributed by atoms with Gasteiger partial charge in [0.15, 0.2) is 0 Å². The van der Waals surface area contributed by atoms with E-state index in [4.69, 9.17) is 11.6 Å². The van der Waals surface area contributed by atoms with E-state index < -0.39 is 5.82 Å². The fourth-order valence-electron chi connectivity index (χ4n) is 1.21. The molecule has 1 N–H and O–H groups in total. The van der Waals surface area contributed by atoms with Crippen LogP contribution in [0.25, 0.3) is 0 Å². The predicted octanol–water partition coefficient (Wildman–Crippen LogP) is 4.15. The first-order chi connectivity index (χ1) is 7.25. The highest BCUT2D eigenvalue weighted by Crippen LogP contribution is 2.20. The Morgan fingerprint density at radius 3 is 2.87 bits per heavy atom. The number of hydrogen-bond donors (Lipinski definition) is 1. The summed E-state index contributed by atoms with van der Waals surface area (Å²) in [5.74, 6) is -0.390. The van der Waals surface area contributed by atoms with Crippen LogP contribution in [0.4, 0.5) is 10.1 Å². The van der Waals surface area contributed by atoms with Gasteiger partial charge in [0.1, 0.15) is 5.82 Å². The number of rotatable bonds is 3. The van der Waals surface area contributed by atoms with E-state index in [1.54, 1.807) is 23.5 Å². The van der Waals surface area contributed by atoms with Crippen molar-refractivity contribution in [1.82, 2.24) is 0 Å². The number of halogens is 2. The molecule has 0 unspecified atom stereocenters. The van der Waals surface area contributed by atoms with Crippen molar-refractivity contribution in [3.05, 3.63) is 51.4 Å². The number of thiophene rings is 1. The number of anilines is 1. The third-order valence-corrected chi connectivity index (χ3v) is 3.13. The summed E-state index contributed by atoms with van der Waals surface area (Å²) in [6.07, 6.45) is 0. The fourth-order valence-corrected chi connectivity index (χ4v) is 2.03. The van der Waals surface area contributed by atoms with Crippen LogP contribution >= 0.6 is 22.9 Å². The lowest BCUT2D eigenvalue weighted by Gasteiger charge is -2.05. The maximum atomic E-state index is 12.9. The topological polar surface area (TPSA) is 12.0 Å². The maximum absolute atomic E-state index is 12.9. The summed E-state index contributed by atoms with van der Waals surface area (Å²) in [6, 6.07) is 8.67. The van der Waals surface area contributed by atoms with Crippen molar-refractivity contribution in [2.45, 2.75) is 6.54 Å². The molecule has 1 aromatic heterocycles. The van der Waals surface area contributed by atoms with Gasteiger partial charge in [0.05, 0.1) is 5.02 Å². The third kappa shape index (κ3) is 2.70. The average Bonchev–Trinajstić information content (AvgIpc) is 2.73. The summed E-state index contributed by atoms with van der Waals surface area (Å²) in [5.41, 5.74) is 0.829. The van der Waals surface area contributed by atoms with E-state index in [1.165, 1.54) is 10.9 Å². The van der Waals surface area contributed by atoms with Crippen LogP contribution < -0.4 is 5.32 Å². The van der Waals surface area contributed by atoms with Crippen LogP contribution in [0.3, 0.4) is 0 Å². The van der Waals surface area contributed by atoms with Gasteiger partial charge in [-0.25, -0.2) is 4.39 Å². The Morgan fingerprint density at radius 2 is 2.20 bits per heavy atom. The van der Waals surface area contributed by atoms with Gasteiger partial charge in [0.25, 0.3) is 0 Å². The predicted molar refractivity (Wildman–Crippen MR) is 63.1 cm³/mol. The summed E-state index contributed by atoms with van der Waals surface area (Å²) < 4.78 is 12.9. The first-order valence-corrected chi connectivity index (χ1v) is 5.73. The van der Waals surface area contributed by atoms with E-state index in [1.807, 2.05) is 17.5 Å². The van der Waals surface area contributed by atoms with E-state index >= 15 is 0 Å². The molecule has 0 aliphatic heterocycles. The van der Waals surface area contributed by atoms with E-state index in [-0.39, 0.29) is 5.02 Å². The second kappa shape index (κ2) is 4.64. The molecule has 0 fully saturated rings. The molecule has 0 amide bonds. The Balaban J connectivity index is 2.02. The molecule has 2 rings (SSSR count). The summed E-state index contributed by atoms with van der Waals surface area (Å²) in [5, 5.41) is 5.34. The van der Waals surface area contributed by atoms with Crippen molar-refractivity contribution in [2.24, 2.45) is 0 Å². The molecule has 0 radical (unpaired) electrons. The monoisotopic (exact) mass is 241 g/mol. The molecule has 4 heteroatoms. The van der Waals surface area contributed by atoms with E-state index in [9.17, 15) is 4.39 Å². The van der Waals surface area contributed by atoms with Crippen LogP contribution in [-0.2, 0) is 6.54 Å². The minimum absolute atomic E-state index is 0.145. The first kappa shape index (κ1) is 10.5. The highest BCUT2D eigenvalue weighted by molar-refractivity contribution is 7.09. The summed E-state index contributed by atoms with van der Waals surface area (Å²) >= 11 is 7.34. The molecule has 1 nitrogen and oxygen atoms in total. The zero-order valence-electron chi connectivity index (χ0n) is 7.84. The molecule has 0 atom stereocenters. The van der Waals surface area contributed by atoms with Crippen molar-refractivity contribution in [1.29, 1.82) is 0 Å². The molecule has 0 aliphatic carbocycles. The second-order valence-corrected chi connectivity index (χ2v) is 4.50. The van der Waals surface area contributed by atoms with Crippen LogP contribution in [-0.4, -0.2) is 0 Å². The Kier molecular flexibility index (Phi) is 3.23. The quantitative estimate of drug-likeness (QED) is 0.851. The second-order valence-electron chi connectivity index (χ2n) is 3.06. The van der Waals surface area contributed by atoms with Gasteiger partial charge < -0.3 is 5.32 Å². The van der Waals surface area contributed by atoms with Gasteiger partial charge in [-0.15, -0.1) is 11.3 Å². The standard InChI is InChI=1S/C11H9ClFNS/c12-10-6-8(3-4-11(10)13)14-7-9-2-1-5-15-9/h1-6,14H,7H2. The molecule has 0 spiro atoms. The minimum atomic E-state index is -0.390. The molecule has 0 bridgehead atoms. The molecular formula is C11H9ClFNS. The van der Waals surface area contributed by atoms with Crippen LogP contribution in [0.15, 0.2) is 35.7 Å². The van der Waals surface area contributed by atoms with Crippen molar-refractivity contribution < 1.29 is 4.39 Å². The number of nitrogens with one attached hydrogen (secondary N) is 1. The summed E-state index contributed by atoms with van der Waals surface area (Å²) in [6.45, 7) is 0.736. The Morgan fingerprint density at radius 1 is 1.33 bits per heavy atom. The summed E-state index contributed by atoms with van der Waals surface area (Å²) in [4.78, 5) is 1.23. The van der Waals surface area contributed by atoms with Gasteiger partial charge in [0, 0.05) is 17.1 Å². The Bertz CT molecular complexity index is 442. The molecule has 78 valence electrons. The maximum Gasteiger partial charge on any atom is 0.141 e. The highest BCUT2D eigenvalue weighted by atomic mass is 35.5. The fraction of sp³-hybridized carbons (Fsp3) is 0.0909. The van der Waals surface area contributed by atoms with E-state index in [2.05, 4.69) is 5.32 Å². The minimum Gasteiger partial charge on any atom is -0.380 e. The lowest BCUT2D eigenvalue weighted by Crippen LogP contribution is -1.97. The van der Waals surface area contributed by atoms with Crippen molar-refractivity contribution >= 4 is 28.6 Å². The van der Waals surface area contributed by atoms with Crippen LogP contribution in [0.1, 0.15) is 4.88 Å². The van der Waals surface area contributed by atoms with Crippen molar-refractivity contribution in [2.75, 3.05) is 5.32 Å². The van der Waals surface area contributed by atoms with E-state index in [0.717, 1.165) is 12.2 Å². The molecule has 2 aromatic rings. The zero-order chi connectivity index (χ0) is 10.7. The lowest BCUT2D eigenvalue weighted by atomic mass is 10.3. The van der Waals surface area contributed by atoms with Gasteiger partial charge in [-0.1, -0.05) is 17.7 Å². The van der Waals surface area contributed by atoms with Gasteiger partial charge in [-0.3, -0.25) is 0 Å². The highest BCUT2D eigenvalue weighted by Gasteiger charge is 2.00. The first-order valence-electron chi connectivity index (χ1n) is 4.47. The van der Waals surface area contributed by atoms with Crippen molar-refractivity contribution in [3.8, 4) is 0 Å². The van der Waals surface area contributed by atoms with Gasteiger partial charge >= 0.3 is 0 Å². The molecule has 1 aromatic carbocycles.